The second-order valence-corrected chi connectivity index (χ2v) is 9.10. The molecule has 2 amide bonds. The van der Waals surface area contributed by atoms with E-state index in [2.05, 4.69) is 4.90 Å². The highest BCUT2D eigenvalue weighted by molar-refractivity contribution is 7.09. The summed E-state index contributed by atoms with van der Waals surface area (Å²) in [6, 6.07) is 10.2. The summed E-state index contributed by atoms with van der Waals surface area (Å²) in [5, 5.41) is 1.99. The fourth-order valence-corrected chi connectivity index (χ4v) is 4.55. The molecule has 1 aliphatic rings. The van der Waals surface area contributed by atoms with Crippen molar-refractivity contribution in [2.75, 3.05) is 32.7 Å². The molecule has 0 atom stereocenters. The van der Waals surface area contributed by atoms with Gasteiger partial charge in [-0.2, -0.15) is 0 Å². The quantitative estimate of drug-likeness (QED) is 0.522. The van der Waals surface area contributed by atoms with Crippen LogP contribution in [0.2, 0.25) is 0 Å². The number of carbonyl (C=O) groups excluding carboxylic acids is 2. The van der Waals surface area contributed by atoms with Gasteiger partial charge in [0.2, 0.25) is 11.8 Å². The Morgan fingerprint density at radius 1 is 1.03 bits per heavy atom. The second-order valence-electron chi connectivity index (χ2n) is 8.07. The van der Waals surface area contributed by atoms with Crippen molar-refractivity contribution >= 4 is 23.2 Å². The Kier molecular flexibility index (Phi) is 9.03. The molecule has 1 aromatic heterocycles. The molecule has 0 N–H and O–H groups in total. The highest BCUT2D eigenvalue weighted by Gasteiger charge is 2.23. The molecule has 1 saturated heterocycles. The van der Waals surface area contributed by atoms with Crippen LogP contribution >= 0.6 is 11.3 Å². The van der Waals surface area contributed by atoms with E-state index in [1.54, 1.807) is 33.3 Å². The van der Waals surface area contributed by atoms with Crippen molar-refractivity contribution in [3.8, 4) is 0 Å². The predicted octanol–water partition coefficient (Wildman–Crippen LogP) is 4.14. The average Bonchev–Trinajstić information content (AvgIpc) is 3.46. The fourth-order valence-electron chi connectivity index (χ4n) is 3.83. The summed E-state index contributed by atoms with van der Waals surface area (Å²) in [6.07, 6.45) is 3.63. The van der Waals surface area contributed by atoms with Crippen LogP contribution in [0.15, 0.2) is 41.8 Å². The van der Waals surface area contributed by atoms with E-state index in [1.165, 1.54) is 25.0 Å². The van der Waals surface area contributed by atoms with Gasteiger partial charge in [0, 0.05) is 30.9 Å². The van der Waals surface area contributed by atoms with Gasteiger partial charge in [-0.3, -0.25) is 9.59 Å². The van der Waals surface area contributed by atoms with Crippen LogP contribution < -0.4 is 0 Å². The van der Waals surface area contributed by atoms with Crippen molar-refractivity contribution in [3.63, 3.8) is 0 Å². The number of thiophene rings is 1. The van der Waals surface area contributed by atoms with E-state index in [-0.39, 0.29) is 24.2 Å². The van der Waals surface area contributed by atoms with Crippen LogP contribution in [0.4, 0.5) is 4.39 Å². The van der Waals surface area contributed by atoms with E-state index < -0.39 is 0 Å². The van der Waals surface area contributed by atoms with Crippen molar-refractivity contribution in [2.24, 2.45) is 0 Å². The monoisotopic (exact) mass is 445 g/mol. The lowest BCUT2D eigenvalue weighted by Gasteiger charge is -2.29. The maximum absolute atomic E-state index is 13.3. The SMILES string of the molecule is CCCC(=O)N(CCN1CCCC1)CC(=O)N(Cc1ccc(F)cc1)Cc1cccs1. The topological polar surface area (TPSA) is 43.9 Å². The zero-order chi connectivity index (χ0) is 22.1. The number of carbonyl (C=O) groups is 2. The molecule has 0 bridgehead atoms. The highest BCUT2D eigenvalue weighted by atomic mass is 32.1. The second kappa shape index (κ2) is 12.0. The molecule has 31 heavy (non-hydrogen) atoms. The summed E-state index contributed by atoms with van der Waals surface area (Å²) in [6.45, 7) is 6.46. The molecule has 3 rings (SSSR count). The summed E-state index contributed by atoms with van der Waals surface area (Å²) in [5.74, 6) is -0.338. The molecule has 2 heterocycles. The molecule has 0 unspecified atom stereocenters. The Morgan fingerprint density at radius 3 is 2.42 bits per heavy atom. The largest absolute Gasteiger partial charge is 0.332 e. The molecule has 2 aromatic rings. The minimum Gasteiger partial charge on any atom is -0.332 e. The van der Waals surface area contributed by atoms with Crippen molar-refractivity contribution in [2.45, 2.75) is 45.7 Å². The van der Waals surface area contributed by atoms with E-state index in [9.17, 15) is 14.0 Å². The Labute approximate surface area is 188 Å². The molecule has 1 aliphatic heterocycles. The first kappa shape index (κ1) is 23.4. The van der Waals surface area contributed by atoms with Crippen LogP contribution in [-0.4, -0.2) is 59.2 Å². The zero-order valence-electron chi connectivity index (χ0n) is 18.3. The van der Waals surface area contributed by atoms with Crippen LogP contribution in [0.25, 0.3) is 0 Å². The first-order valence-corrected chi connectivity index (χ1v) is 12.0. The van der Waals surface area contributed by atoms with Gasteiger partial charge >= 0.3 is 0 Å². The highest BCUT2D eigenvalue weighted by Crippen LogP contribution is 2.16. The summed E-state index contributed by atoms with van der Waals surface area (Å²) in [5.41, 5.74) is 0.870. The number of halogens is 1. The Balaban J connectivity index is 1.69. The van der Waals surface area contributed by atoms with Crippen LogP contribution in [0.5, 0.6) is 0 Å². The number of benzene rings is 1. The van der Waals surface area contributed by atoms with Crippen LogP contribution in [0, 0.1) is 5.82 Å². The fraction of sp³-hybridized carbons (Fsp3) is 0.500. The smallest absolute Gasteiger partial charge is 0.242 e. The van der Waals surface area contributed by atoms with Crippen molar-refractivity contribution in [3.05, 3.63) is 58.0 Å². The molecule has 0 radical (unpaired) electrons. The third-order valence-corrected chi connectivity index (χ3v) is 6.45. The molecular weight excluding hydrogens is 413 g/mol. The maximum atomic E-state index is 13.3. The van der Waals surface area contributed by atoms with E-state index in [0.717, 1.165) is 36.5 Å². The third kappa shape index (κ3) is 7.43. The van der Waals surface area contributed by atoms with Gasteiger partial charge in [-0.15, -0.1) is 11.3 Å². The number of hydrogen-bond acceptors (Lipinski definition) is 4. The van der Waals surface area contributed by atoms with Crippen LogP contribution in [-0.2, 0) is 22.7 Å². The molecule has 1 aromatic carbocycles. The van der Waals surface area contributed by atoms with E-state index in [0.29, 0.717) is 26.1 Å². The average molecular weight is 446 g/mol. The van der Waals surface area contributed by atoms with Gasteiger partial charge in [0.25, 0.3) is 0 Å². The van der Waals surface area contributed by atoms with Gasteiger partial charge in [0.05, 0.1) is 13.1 Å². The van der Waals surface area contributed by atoms with Gasteiger partial charge in [-0.05, 0) is 61.5 Å². The van der Waals surface area contributed by atoms with E-state index in [1.807, 2.05) is 24.4 Å². The van der Waals surface area contributed by atoms with Crippen molar-refractivity contribution in [1.29, 1.82) is 0 Å². The summed E-state index contributed by atoms with van der Waals surface area (Å²) in [4.78, 5) is 32.9. The van der Waals surface area contributed by atoms with Gasteiger partial charge in [0.1, 0.15) is 5.82 Å². The Hall–Kier alpha value is -2.25. The molecule has 1 fully saturated rings. The van der Waals surface area contributed by atoms with Crippen molar-refractivity contribution < 1.29 is 14.0 Å². The predicted molar refractivity (Wildman–Crippen MR) is 122 cm³/mol. The number of likely N-dealkylation sites (tertiary alicyclic amines) is 1. The minimum absolute atomic E-state index is 0.0351. The van der Waals surface area contributed by atoms with Crippen LogP contribution in [0.3, 0.4) is 0 Å². The molecule has 0 saturated carbocycles. The van der Waals surface area contributed by atoms with Crippen molar-refractivity contribution in [1.82, 2.24) is 14.7 Å². The maximum Gasteiger partial charge on any atom is 0.242 e. The third-order valence-electron chi connectivity index (χ3n) is 5.59. The van der Waals surface area contributed by atoms with Gasteiger partial charge < -0.3 is 14.7 Å². The van der Waals surface area contributed by atoms with Gasteiger partial charge in [-0.1, -0.05) is 25.1 Å². The summed E-state index contributed by atoms with van der Waals surface area (Å²) in [7, 11) is 0. The van der Waals surface area contributed by atoms with Crippen LogP contribution in [0.1, 0.15) is 43.0 Å². The summed E-state index contributed by atoms with van der Waals surface area (Å²) < 4.78 is 13.3. The number of rotatable bonds is 11. The Morgan fingerprint density at radius 2 is 1.77 bits per heavy atom. The number of hydrogen-bond donors (Lipinski definition) is 0. The molecule has 7 heteroatoms. The minimum atomic E-state index is -0.293. The lowest BCUT2D eigenvalue weighted by molar-refractivity contribution is -0.141. The first-order valence-electron chi connectivity index (χ1n) is 11.1. The first-order chi connectivity index (χ1) is 15.0. The molecule has 168 valence electrons. The Bertz CT molecular complexity index is 820. The van der Waals surface area contributed by atoms with E-state index in [4.69, 9.17) is 0 Å². The molecule has 5 nitrogen and oxygen atoms in total. The normalized spacial score (nSPS) is 14.0. The van der Waals surface area contributed by atoms with E-state index >= 15 is 0 Å². The lowest BCUT2D eigenvalue weighted by atomic mass is 10.2. The molecule has 0 spiro atoms. The van der Waals surface area contributed by atoms with Gasteiger partial charge in [-0.25, -0.2) is 4.39 Å². The number of nitrogens with zero attached hydrogens (tertiary/aromatic N) is 3. The molecule has 0 aliphatic carbocycles. The molecular formula is C24H32FN3O2S. The van der Waals surface area contributed by atoms with Gasteiger partial charge in [0.15, 0.2) is 0 Å². The lowest BCUT2D eigenvalue weighted by Crippen LogP contribution is -2.45. The zero-order valence-corrected chi connectivity index (χ0v) is 19.1. The summed E-state index contributed by atoms with van der Waals surface area (Å²) >= 11 is 1.60. The standard InChI is InChI=1S/C24H32FN3O2S/c1-2-6-23(29)27(15-14-26-12-3-4-13-26)19-24(30)28(18-22-7-5-16-31-22)17-20-8-10-21(25)11-9-20/h5,7-11,16H,2-4,6,12-15,17-19H2,1H3. The number of amides is 2.